The third-order valence-corrected chi connectivity index (χ3v) is 3.50. The molecule has 19 heavy (non-hydrogen) atoms. The van der Waals surface area contributed by atoms with Crippen LogP contribution in [0.4, 0.5) is 4.79 Å². The van der Waals surface area contributed by atoms with Crippen molar-refractivity contribution in [2.45, 2.75) is 25.9 Å². The van der Waals surface area contributed by atoms with E-state index in [9.17, 15) is 14.7 Å². The lowest BCUT2D eigenvalue weighted by Crippen LogP contribution is -2.47. The Morgan fingerprint density at radius 3 is 2.95 bits per heavy atom. The third kappa shape index (κ3) is 2.69. The Kier molecular flexibility index (Phi) is 3.73. The number of aromatic nitrogens is 2. The van der Waals surface area contributed by atoms with Crippen LogP contribution in [0.25, 0.3) is 0 Å². The number of urea groups is 1. The molecule has 2 unspecified atom stereocenters. The maximum absolute atomic E-state index is 12.3. The molecule has 2 atom stereocenters. The van der Waals surface area contributed by atoms with E-state index in [-0.39, 0.29) is 11.9 Å². The normalized spacial score (nSPS) is 22.5. The summed E-state index contributed by atoms with van der Waals surface area (Å²) in [5.41, 5.74) is 0.884. The van der Waals surface area contributed by atoms with Gasteiger partial charge in [-0.3, -0.25) is 5.10 Å². The molecule has 7 nitrogen and oxygen atoms in total. The molecule has 1 aliphatic heterocycles. The second-order valence-corrected chi connectivity index (χ2v) is 4.99. The van der Waals surface area contributed by atoms with E-state index in [4.69, 9.17) is 0 Å². The number of carboxylic acid groups (broad SMARTS) is 1. The molecule has 2 amide bonds. The van der Waals surface area contributed by atoms with Gasteiger partial charge < -0.3 is 14.9 Å². The number of hydrogen-bond donors (Lipinski definition) is 2. The van der Waals surface area contributed by atoms with Crippen molar-refractivity contribution in [2.24, 2.45) is 5.92 Å². The molecule has 0 aromatic carbocycles. The van der Waals surface area contributed by atoms with Crippen LogP contribution in [0, 0.1) is 5.92 Å². The summed E-state index contributed by atoms with van der Waals surface area (Å²) in [6.45, 7) is 2.77. The first-order valence-corrected chi connectivity index (χ1v) is 6.23. The van der Waals surface area contributed by atoms with Crippen LogP contribution in [-0.2, 0) is 11.3 Å². The highest BCUT2D eigenvalue weighted by molar-refractivity contribution is 5.83. The van der Waals surface area contributed by atoms with E-state index in [0.29, 0.717) is 13.1 Å². The lowest BCUT2D eigenvalue weighted by atomic mass is 10.0. The van der Waals surface area contributed by atoms with E-state index in [1.807, 2.05) is 6.92 Å². The van der Waals surface area contributed by atoms with Crippen LogP contribution >= 0.6 is 0 Å². The highest BCUT2D eigenvalue weighted by atomic mass is 16.4. The second kappa shape index (κ2) is 5.29. The van der Waals surface area contributed by atoms with E-state index in [1.54, 1.807) is 19.4 Å². The number of likely N-dealkylation sites (tertiary alicyclic amines) is 1. The van der Waals surface area contributed by atoms with Gasteiger partial charge in [0.1, 0.15) is 6.04 Å². The lowest BCUT2D eigenvalue weighted by Gasteiger charge is -2.28. The molecular weight excluding hydrogens is 248 g/mol. The van der Waals surface area contributed by atoms with E-state index in [0.717, 1.165) is 12.0 Å². The molecule has 0 aliphatic carbocycles. The molecule has 7 heteroatoms. The van der Waals surface area contributed by atoms with Gasteiger partial charge in [0, 0.05) is 25.4 Å². The van der Waals surface area contributed by atoms with Gasteiger partial charge in [-0.05, 0) is 12.3 Å². The van der Waals surface area contributed by atoms with E-state index in [2.05, 4.69) is 10.2 Å². The van der Waals surface area contributed by atoms with Crippen molar-refractivity contribution in [3.8, 4) is 0 Å². The monoisotopic (exact) mass is 266 g/mol. The molecule has 0 saturated carbocycles. The Morgan fingerprint density at radius 2 is 2.37 bits per heavy atom. The fourth-order valence-corrected chi connectivity index (χ4v) is 2.46. The minimum absolute atomic E-state index is 0.0104. The standard InChI is InChI=1S/C12H18N4O3/c1-8-3-4-16(10(8)11(17)18)12(19)15(2)7-9-5-13-14-6-9/h5-6,8,10H,3-4,7H2,1-2H3,(H,13,14)(H,17,18). The fourth-order valence-electron chi connectivity index (χ4n) is 2.46. The van der Waals surface area contributed by atoms with Gasteiger partial charge in [0.25, 0.3) is 0 Å². The van der Waals surface area contributed by atoms with Crippen molar-refractivity contribution in [1.29, 1.82) is 0 Å². The van der Waals surface area contributed by atoms with Crippen molar-refractivity contribution in [1.82, 2.24) is 20.0 Å². The number of carbonyl (C=O) groups excluding carboxylic acids is 1. The molecule has 1 saturated heterocycles. The Bertz CT molecular complexity index is 460. The molecule has 2 rings (SSSR count). The summed E-state index contributed by atoms with van der Waals surface area (Å²) in [4.78, 5) is 26.5. The topological polar surface area (TPSA) is 89.5 Å². The van der Waals surface area contributed by atoms with Crippen LogP contribution in [0.1, 0.15) is 18.9 Å². The quantitative estimate of drug-likeness (QED) is 0.845. The summed E-state index contributed by atoms with van der Waals surface area (Å²) < 4.78 is 0. The highest BCUT2D eigenvalue weighted by Crippen LogP contribution is 2.25. The number of rotatable bonds is 3. The molecular formula is C12H18N4O3. The molecule has 104 valence electrons. The van der Waals surface area contributed by atoms with Crippen molar-refractivity contribution in [3.05, 3.63) is 18.0 Å². The average Bonchev–Trinajstić information content (AvgIpc) is 2.97. The minimum atomic E-state index is -0.935. The fraction of sp³-hybridized carbons (Fsp3) is 0.583. The summed E-state index contributed by atoms with van der Waals surface area (Å²) in [7, 11) is 1.66. The van der Waals surface area contributed by atoms with Crippen LogP contribution in [0.2, 0.25) is 0 Å². The second-order valence-electron chi connectivity index (χ2n) is 4.99. The first-order valence-electron chi connectivity index (χ1n) is 6.23. The number of nitrogens with one attached hydrogen (secondary N) is 1. The van der Waals surface area contributed by atoms with Crippen LogP contribution in [0.5, 0.6) is 0 Å². The molecule has 1 aromatic heterocycles. The molecule has 2 N–H and O–H groups in total. The van der Waals surface area contributed by atoms with Crippen LogP contribution < -0.4 is 0 Å². The summed E-state index contributed by atoms with van der Waals surface area (Å²) in [5, 5.41) is 15.7. The SMILES string of the molecule is CC1CCN(C(=O)N(C)Cc2cn[nH]c2)C1C(=O)O. The Hall–Kier alpha value is -2.05. The molecule has 1 fully saturated rings. The maximum atomic E-state index is 12.3. The average molecular weight is 266 g/mol. The summed E-state index contributed by atoms with van der Waals surface area (Å²) in [5.74, 6) is -0.946. The van der Waals surface area contributed by atoms with E-state index < -0.39 is 12.0 Å². The molecule has 0 radical (unpaired) electrons. The third-order valence-electron chi connectivity index (χ3n) is 3.50. The zero-order valence-corrected chi connectivity index (χ0v) is 11.0. The number of H-pyrrole nitrogens is 1. The number of hydrogen-bond acceptors (Lipinski definition) is 3. The van der Waals surface area contributed by atoms with Crippen molar-refractivity contribution in [3.63, 3.8) is 0 Å². The molecule has 0 bridgehead atoms. The molecule has 1 aliphatic rings. The van der Waals surface area contributed by atoms with Gasteiger partial charge in [-0.2, -0.15) is 5.10 Å². The molecule has 1 aromatic rings. The predicted octanol–water partition coefficient (Wildman–Crippen LogP) is 0.756. The van der Waals surface area contributed by atoms with Gasteiger partial charge in [0.05, 0.1) is 12.7 Å². The van der Waals surface area contributed by atoms with Gasteiger partial charge in [-0.15, -0.1) is 0 Å². The smallest absolute Gasteiger partial charge is 0.326 e. The first kappa shape index (κ1) is 13.4. The number of carbonyl (C=O) groups is 2. The summed E-state index contributed by atoms with van der Waals surface area (Å²) in [6.07, 6.45) is 4.08. The Labute approximate surface area is 111 Å². The largest absolute Gasteiger partial charge is 0.480 e. The number of carboxylic acids is 1. The van der Waals surface area contributed by atoms with Crippen molar-refractivity contribution < 1.29 is 14.7 Å². The zero-order valence-electron chi connectivity index (χ0n) is 11.0. The summed E-state index contributed by atoms with van der Waals surface area (Å²) >= 11 is 0. The minimum Gasteiger partial charge on any atom is -0.480 e. The number of amides is 2. The summed E-state index contributed by atoms with van der Waals surface area (Å²) in [6, 6.07) is -0.975. The van der Waals surface area contributed by atoms with Gasteiger partial charge in [-0.25, -0.2) is 9.59 Å². The lowest BCUT2D eigenvalue weighted by molar-refractivity contribution is -0.142. The van der Waals surface area contributed by atoms with E-state index in [1.165, 1.54) is 9.80 Å². The van der Waals surface area contributed by atoms with E-state index >= 15 is 0 Å². The van der Waals surface area contributed by atoms with Crippen molar-refractivity contribution in [2.75, 3.05) is 13.6 Å². The van der Waals surface area contributed by atoms with Crippen molar-refractivity contribution >= 4 is 12.0 Å². The molecule has 2 heterocycles. The van der Waals surface area contributed by atoms with Gasteiger partial charge in [0.2, 0.25) is 0 Å². The highest BCUT2D eigenvalue weighted by Gasteiger charge is 2.40. The molecule has 0 spiro atoms. The predicted molar refractivity (Wildman–Crippen MR) is 67.4 cm³/mol. The van der Waals surface area contributed by atoms with Gasteiger partial charge >= 0.3 is 12.0 Å². The van der Waals surface area contributed by atoms with Gasteiger partial charge in [0.15, 0.2) is 0 Å². The zero-order chi connectivity index (χ0) is 14.0. The van der Waals surface area contributed by atoms with Crippen LogP contribution in [0.3, 0.4) is 0 Å². The van der Waals surface area contributed by atoms with Crippen LogP contribution in [0.15, 0.2) is 12.4 Å². The number of aliphatic carboxylic acids is 1. The Morgan fingerprint density at radius 1 is 1.63 bits per heavy atom. The number of aromatic amines is 1. The Balaban J connectivity index is 2.04. The maximum Gasteiger partial charge on any atom is 0.326 e. The first-order chi connectivity index (χ1) is 9.00. The van der Waals surface area contributed by atoms with Crippen LogP contribution in [-0.4, -0.2) is 56.7 Å². The van der Waals surface area contributed by atoms with Gasteiger partial charge in [-0.1, -0.05) is 6.92 Å². The number of nitrogens with zero attached hydrogens (tertiary/aromatic N) is 3.